The van der Waals surface area contributed by atoms with E-state index in [9.17, 15) is 4.79 Å². The number of ether oxygens (including phenoxy) is 1. The molecule has 1 aromatic carbocycles. The SMILES string of the molecule is CC(C)C(=O)OC1C2=C(C=CCC=C2)c2ccccc21. The minimum Gasteiger partial charge on any atom is -0.452 e. The van der Waals surface area contributed by atoms with Gasteiger partial charge in [0.2, 0.25) is 0 Å². The van der Waals surface area contributed by atoms with Crippen molar-refractivity contribution < 1.29 is 9.53 Å². The number of allylic oxidation sites excluding steroid dienone is 4. The Morgan fingerprint density at radius 3 is 2.75 bits per heavy atom. The number of carbonyl (C=O) groups is 1. The zero-order valence-corrected chi connectivity index (χ0v) is 11.8. The van der Waals surface area contributed by atoms with Crippen LogP contribution in [0.2, 0.25) is 0 Å². The van der Waals surface area contributed by atoms with E-state index >= 15 is 0 Å². The predicted molar refractivity (Wildman–Crippen MR) is 79.9 cm³/mol. The van der Waals surface area contributed by atoms with E-state index in [1.54, 1.807) is 0 Å². The number of benzene rings is 1. The average Bonchev–Trinajstić information content (AvgIpc) is 2.62. The molecule has 0 heterocycles. The Labute approximate surface area is 119 Å². The average molecular weight is 266 g/mol. The molecular weight excluding hydrogens is 248 g/mol. The summed E-state index contributed by atoms with van der Waals surface area (Å²) in [5.41, 5.74) is 4.53. The van der Waals surface area contributed by atoms with Crippen molar-refractivity contribution in [2.45, 2.75) is 26.4 Å². The van der Waals surface area contributed by atoms with Crippen LogP contribution < -0.4 is 0 Å². The van der Waals surface area contributed by atoms with Crippen molar-refractivity contribution in [3.8, 4) is 0 Å². The Balaban J connectivity index is 2.06. The van der Waals surface area contributed by atoms with Crippen LogP contribution in [0.3, 0.4) is 0 Å². The Morgan fingerprint density at radius 1 is 1.20 bits per heavy atom. The van der Waals surface area contributed by atoms with Crippen LogP contribution in [-0.2, 0) is 9.53 Å². The lowest BCUT2D eigenvalue weighted by Crippen LogP contribution is -2.16. The van der Waals surface area contributed by atoms with Crippen molar-refractivity contribution in [1.82, 2.24) is 0 Å². The molecule has 1 atom stereocenters. The van der Waals surface area contributed by atoms with Gasteiger partial charge in [0, 0.05) is 11.1 Å². The number of rotatable bonds is 2. The maximum absolute atomic E-state index is 12.0. The predicted octanol–water partition coefficient (Wildman–Crippen LogP) is 4.21. The molecule has 0 aliphatic heterocycles. The van der Waals surface area contributed by atoms with E-state index < -0.39 is 0 Å². The smallest absolute Gasteiger partial charge is 0.309 e. The zero-order valence-electron chi connectivity index (χ0n) is 11.8. The molecule has 102 valence electrons. The molecule has 1 aromatic rings. The third kappa shape index (κ3) is 2.11. The number of esters is 1. The lowest BCUT2D eigenvalue weighted by atomic mass is 10.0. The highest BCUT2D eigenvalue weighted by molar-refractivity contribution is 5.87. The van der Waals surface area contributed by atoms with Crippen molar-refractivity contribution in [3.63, 3.8) is 0 Å². The van der Waals surface area contributed by atoms with E-state index in [1.807, 2.05) is 32.0 Å². The normalized spacial score (nSPS) is 19.9. The van der Waals surface area contributed by atoms with Crippen LogP contribution in [0.15, 0.2) is 54.1 Å². The van der Waals surface area contributed by atoms with Crippen molar-refractivity contribution in [3.05, 3.63) is 65.3 Å². The van der Waals surface area contributed by atoms with Crippen LogP contribution in [0.1, 0.15) is 37.5 Å². The topological polar surface area (TPSA) is 26.3 Å². The highest BCUT2D eigenvalue weighted by atomic mass is 16.5. The molecule has 0 fully saturated rings. The van der Waals surface area contributed by atoms with Gasteiger partial charge in [-0.3, -0.25) is 4.79 Å². The van der Waals surface area contributed by atoms with Gasteiger partial charge in [0.1, 0.15) is 0 Å². The summed E-state index contributed by atoms with van der Waals surface area (Å²) in [5, 5.41) is 0. The van der Waals surface area contributed by atoms with Gasteiger partial charge in [0.05, 0.1) is 5.92 Å². The first kappa shape index (κ1) is 12.9. The van der Waals surface area contributed by atoms with Crippen LogP contribution >= 0.6 is 0 Å². The second-order valence-electron chi connectivity index (χ2n) is 5.47. The van der Waals surface area contributed by atoms with Crippen molar-refractivity contribution in [2.24, 2.45) is 5.92 Å². The van der Waals surface area contributed by atoms with Gasteiger partial charge in [-0.05, 0) is 17.6 Å². The highest BCUT2D eigenvalue weighted by Crippen LogP contribution is 2.44. The molecule has 2 nitrogen and oxygen atoms in total. The van der Waals surface area contributed by atoms with E-state index in [-0.39, 0.29) is 18.0 Å². The van der Waals surface area contributed by atoms with Crippen LogP contribution in [0.25, 0.3) is 5.57 Å². The molecule has 0 aromatic heterocycles. The Kier molecular flexibility index (Phi) is 3.31. The third-order valence-electron chi connectivity index (χ3n) is 3.69. The summed E-state index contributed by atoms with van der Waals surface area (Å²) in [7, 11) is 0. The molecule has 0 N–H and O–H groups in total. The molecule has 2 aliphatic rings. The summed E-state index contributed by atoms with van der Waals surface area (Å²) in [6.07, 6.45) is 9.13. The minimum atomic E-state index is -0.268. The second kappa shape index (κ2) is 5.12. The van der Waals surface area contributed by atoms with Crippen molar-refractivity contribution in [2.75, 3.05) is 0 Å². The molecule has 0 saturated carbocycles. The highest BCUT2D eigenvalue weighted by Gasteiger charge is 2.32. The van der Waals surface area contributed by atoms with Gasteiger partial charge < -0.3 is 4.74 Å². The molecule has 1 unspecified atom stereocenters. The molecule has 0 amide bonds. The Hall–Kier alpha value is -2.09. The lowest BCUT2D eigenvalue weighted by Gasteiger charge is -2.17. The van der Waals surface area contributed by atoms with E-state index in [4.69, 9.17) is 4.74 Å². The van der Waals surface area contributed by atoms with E-state index in [2.05, 4.69) is 30.4 Å². The summed E-state index contributed by atoms with van der Waals surface area (Å²) >= 11 is 0. The largest absolute Gasteiger partial charge is 0.452 e. The Morgan fingerprint density at radius 2 is 1.95 bits per heavy atom. The molecule has 0 saturated heterocycles. The number of hydrogen-bond acceptors (Lipinski definition) is 2. The minimum absolute atomic E-state index is 0.114. The van der Waals surface area contributed by atoms with Gasteiger partial charge in [-0.15, -0.1) is 0 Å². The molecule has 0 radical (unpaired) electrons. The summed E-state index contributed by atoms with van der Waals surface area (Å²) in [6, 6.07) is 8.16. The molecule has 3 rings (SSSR count). The Bertz CT molecular complexity index is 633. The molecule has 20 heavy (non-hydrogen) atoms. The lowest BCUT2D eigenvalue weighted by molar-refractivity contribution is -0.151. The monoisotopic (exact) mass is 266 g/mol. The zero-order chi connectivity index (χ0) is 14.1. The molecular formula is C18H18O2. The molecule has 0 spiro atoms. The van der Waals surface area contributed by atoms with Crippen LogP contribution in [0.4, 0.5) is 0 Å². The third-order valence-corrected chi connectivity index (χ3v) is 3.69. The van der Waals surface area contributed by atoms with E-state index in [1.165, 1.54) is 11.1 Å². The van der Waals surface area contributed by atoms with E-state index in [0.717, 1.165) is 17.6 Å². The number of fused-ring (bicyclic) bond motifs is 2. The van der Waals surface area contributed by atoms with Gasteiger partial charge in [-0.2, -0.15) is 0 Å². The van der Waals surface area contributed by atoms with Gasteiger partial charge >= 0.3 is 5.97 Å². The fourth-order valence-corrected chi connectivity index (χ4v) is 2.64. The van der Waals surface area contributed by atoms with Gasteiger partial charge in [0.25, 0.3) is 0 Å². The first-order valence-electron chi connectivity index (χ1n) is 7.05. The van der Waals surface area contributed by atoms with Crippen molar-refractivity contribution >= 4 is 11.5 Å². The van der Waals surface area contributed by atoms with E-state index in [0.29, 0.717) is 0 Å². The summed E-state index contributed by atoms with van der Waals surface area (Å²) in [6.45, 7) is 3.72. The van der Waals surface area contributed by atoms with Crippen molar-refractivity contribution in [1.29, 1.82) is 0 Å². The van der Waals surface area contributed by atoms with Crippen LogP contribution in [-0.4, -0.2) is 5.97 Å². The molecule has 2 heteroatoms. The standard InChI is InChI=1S/C18H18O2/c1-12(2)18(19)20-17-15-10-5-3-4-8-13(15)14-9-6-7-11-16(14)17/h4-12,17H,3H2,1-2H3. The second-order valence-corrected chi connectivity index (χ2v) is 5.47. The number of hydrogen-bond donors (Lipinski definition) is 0. The summed E-state index contributed by atoms with van der Waals surface area (Å²) in [5.74, 6) is -0.266. The number of carbonyl (C=O) groups excluding carboxylic acids is 1. The quantitative estimate of drug-likeness (QED) is 0.749. The van der Waals surface area contributed by atoms with Gasteiger partial charge in [0.15, 0.2) is 6.10 Å². The fourth-order valence-electron chi connectivity index (χ4n) is 2.64. The first-order chi connectivity index (χ1) is 9.68. The summed E-state index contributed by atoms with van der Waals surface area (Å²) < 4.78 is 5.74. The van der Waals surface area contributed by atoms with Crippen LogP contribution in [0.5, 0.6) is 0 Å². The molecule has 0 bridgehead atoms. The molecule has 2 aliphatic carbocycles. The van der Waals surface area contributed by atoms with Gasteiger partial charge in [-0.1, -0.05) is 62.4 Å². The summed E-state index contributed by atoms with van der Waals surface area (Å²) in [4.78, 5) is 12.0. The maximum atomic E-state index is 12.0. The van der Waals surface area contributed by atoms with Gasteiger partial charge in [-0.25, -0.2) is 0 Å². The fraction of sp³-hybridized carbons (Fsp3) is 0.278. The first-order valence-corrected chi connectivity index (χ1v) is 7.05. The van der Waals surface area contributed by atoms with Crippen LogP contribution in [0, 0.1) is 5.92 Å². The maximum Gasteiger partial charge on any atom is 0.309 e.